The zero-order valence-corrected chi connectivity index (χ0v) is 14.5. The van der Waals surface area contributed by atoms with Gasteiger partial charge < -0.3 is 10.6 Å². The molecule has 0 unspecified atom stereocenters. The molecule has 2 N–H and O–H groups in total. The van der Waals surface area contributed by atoms with Crippen molar-refractivity contribution in [1.82, 2.24) is 15.6 Å². The lowest BCUT2D eigenvalue weighted by atomic mass is 10.00. The number of rotatable bonds is 3. The highest BCUT2D eigenvalue weighted by Crippen LogP contribution is 2.28. The molecular weight excluding hydrogens is 353 g/mol. The normalized spacial score (nSPS) is 23.2. The van der Waals surface area contributed by atoms with E-state index in [0.717, 1.165) is 11.3 Å². The zero-order valence-electron chi connectivity index (χ0n) is 13.0. The summed E-state index contributed by atoms with van der Waals surface area (Å²) in [5.74, 6) is -1.03. The fraction of sp³-hybridized carbons (Fsp3) is 0.312. The first-order valence-electron chi connectivity index (χ1n) is 7.38. The molecule has 3 rings (SSSR count). The second kappa shape index (κ2) is 6.49. The second-order valence-corrected chi connectivity index (χ2v) is 7.26. The molecule has 1 saturated heterocycles. The Bertz CT molecular complexity index is 790. The number of benzene rings is 1. The van der Waals surface area contributed by atoms with Crippen LogP contribution in [0.3, 0.4) is 0 Å². The van der Waals surface area contributed by atoms with E-state index in [4.69, 9.17) is 11.6 Å². The molecule has 1 aromatic heterocycles. The van der Waals surface area contributed by atoms with Gasteiger partial charge in [0.1, 0.15) is 21.7 Å². The van der Waals surface area contributed by atoms with Crippen LogP contribution in [0.2, 0.25) is 5.02 Å². The molecule has 1 aliphatic heterocycles. The summed E-state index contributed by atoms with van der Waals surface area (Å²) in [7, 11) is 0. The monoisotopic (exact) mass is 367 g/mol. The molecule has 1 aliphatic rings. The van der Waals surface area contributed by atoms with E-state index in [0.29, 0.717) is 15.4 Å². The molecule has 24 heavy (non-hydrogen) atoms. The minimum Gasteiger partial charge on any atom is -0.351 e. The molecule has 0 radical (unpaired) electrons. The molecule has 8 heteroatoms. The fourth-order valence-electron chi connectivity index (χ4n) is 2.57. The Kier molecular flexibility index (Phi) is 4.56. The minimum absolute atomic E-state index is 0.00383. The lowest BCUT2D eigenvalue weighted by Crippen LogP contribution is -2.42. The number of halogens is 2. The molecule has 3 atom stereocenters. The van der Waals surface area contributed by atoms with E-state index in [2.05, 4.69) is 15.6 Å². The van der Waals surface area contributed by atoms with Crippen molar-refractivity contribution in [3.05, 3.63) is 40.1 Å². The highest BCUT2D eigenvalue weighted by molar-refractivity contribution is 7.16. The number of thiazole rings is 1. The fourth-order valence-corrected chi connectivity index (χ4v) is 3.60. The SMILES string of the molecule is C[C@H]1[C@H](NC(=O)c2cnc(-c3cc(F)cc(Cl)c3)s2)C(=O)N[C@@H]1C. The Morgan fingerprint density at radius 2 is 2.12 bits per heavy atom. The Balaban J connectivity index is 1.78. The molecule has 1 aromatic carbocycles. The predicted octanol–water partition coefficient (Wildman–Crippen LogP) is 2.86. The van der Waals surface area contributed by atoms with Crippen LogP contribution in [-0.4, -0.2) is 28.9 Å². The van der Waals surface area contributed by atoms with Crippen molar-refractivity contribution in [1.29, 1.82) is 0 Å². The summed E-state index contributed by atoms with van der Waals surface area (Å²) in [4.78, 5) is 28.7. The number of aromatic nitrogens is 1. The van der Waals surface area contributed by atoms with Gasteiger partial charge in [0.25, 0.3) is 5.91 Å². The number of hydrogen-bond donors (Lipinski definition) is 2. The van der Waals surface area contributed by atoms with Crippen molar-refractivity contribution < 1.29 is 14.0 Å². The largest absolute Gasteiger partial charge is 0.351 e. The Labute approximate surface area is 147 Å². The van der Waals surface area contributed by atoms with Crippen LogP contribution >= 0.6 is 22.9 Å². The van der Waals surface area contributed by atoms with Crippen LogP contribution in [0.4, 0.5) is 4.39 Å². The maximum atomic E-state index is 13.4. The zero-order chi connectivity index (χ0) is 17.4. The molecule has 126 valence electrons. The van der Waals surface area contributed by atoms with Crippen molar-refractivity contribution in [2.45, 2.75) is 25.9 Å². The molecule has 2 aromatic rings. The van der Waals surface area contributed by atoms with Crippen LogP contribution < -0.4 is 10.6 Å². The summed E-state index contributed by atoms with van der Waals surface area (Å²) in [6.07, 6.45) is 1.41. The quantitative estimate of drug-likeness (QED) is 0.876. The second-order valence-electron chi connectivity index (χ2n) is 5.80. The predicted molar refractivity (Wildman–Crippen MR) is 90.5 cm³/mol. The molecule has 0 aliphatic carbocycles. The van der Waals surface area contributed by atoms with Gasteiger partial charge in [-0.3, -0.25) is 9.59 Å². The summed E-state index contributed by atoms with van der Waals surface area (Å²) < 4.78 is 13.4. The van der Waals surface area contributed by atoms with Gasteiger partial charge in [-0.1, -0.05) is 18.5 Å². The standard InChI is InChI=1S/C16H15ClFN3O2S/c1-7-8(2)20-15(23)13(7)21-14(22)12-6-19-16(24-12)9-3-10(17)5-11(18)4-9/h3-8,13H,1-2H3,(H,20,23)(H,21,22)/t7-,8-,13+/m1/s1. The average Bonchev–Trinajstić information content (AvgIpc) is 3.08. The number of carbonyl (C=O) groups is 2. The van der Waals surface area contributed by atoms with E-state index in [1.807, 2.05) is 13.8 Å². The van der Waals surface area contributed by atoms with Crippen molar-refractivity contribution in [2.75, 3.05) is 0 Å². The van der Waals surface area contributed by atoms with Gasteiger partial charge in [0.2, 0.25) is 5.91 Å². The van der Waals surface area contributed by atoms with Gasteiger partial charge in [-0.25, -0.2) is 9.37 Å². The van der Waals surface area contributed by atoms with Gasteiger partial charge in [-0.15, -0.1) is 11.3 Å². The van der Waals surface area contributed by atoms with E-state index < -0.39 is 11.9 Å². The van der Waals surface area contributed by atoms with Crippen molar-refractivity contribution in [3.8, 4) is 10.6 Å². The maximum Gasteiger partial charge on any atom is 0.263 e. The molecule has 1 fully saturated rings. The third kappa shape index (κ3) is 3.27. The molecule has 2 heterocycles. The van der Waals surface area contributed by atoms with Crippen LogP contribution in [-0.2, 0) is 4.79 Å². The van der Waals surface area contributed by atoms with Gasteiger partial charge >= 0.3 is 0 Å². The lowest BCUT2D eigenvalue weighted by Gasteiger charge is -2.15. The summed E-state index contributed by atoms with van der Waals surface area (Å²) in [6.45, 7) is 3.80. The van der Waals surface area contributed by atoms with Gasteiger partial charge in [0, 0.05) is 22.5 Å². The molecule has 2 amide bonds. The topological polar surface area (TPSA) is 71.1 Å². The third-order valence-corrected chi connectivity index (χ3v) is 5.36. The first kappa shape index (κ1) is 16.9. The van der Waals surface area contributed by atoms with E-state index >= 15 is 0 Å². The van der Waals surface area contributed by atoms with Crippen LogP contribution in [0.25, 0.3) is 10.6 Å². The van der Waals surface area contributed by atoms with Gasteiger partial charge in [0.05, 0.1) is 6.20 Å². The molecular formula is C16H15ClFN3O2S. The Morgan fingerprint density at radius 3 is 2.75 bits per heavy atom. The number of amides is 2. The number of carbonyl (C=O) groups excluding carboxylic acids is 2. The minimum atomic E-state index is -0.568. The van der Waals surface area contributed by atoms with E-state index in [-0.39, 0.29) is 28.8 Å². The van der Waals surface area contributed by atoms with Crippen LogP contribution in [0.5, 0.6) is 0 Å². The van der Waals surface area contributed by atoms with Crippen molar-refractivity contribution in [3.63, 3.8) is 0 Å². The highest BCUT2D eigenvalue weighted by atomic mass is 35.5. The highest BCUT2D eigenvalue weighted by Gasteiger charge is 2.38. The average molecular weight is 368 g/mol. The molecule has 0 bridgehead atoms. The Morgan fingerprint density at radius 1 is 1.38 bits per heavy atom. The molecule has 5 nitrogen and oxygen atoms in total. The number of hydrogen-bond acceptors (Lipinski definition) is 4. The third-order valence-electron chi connectivity index (χ3n) is 4.09. The Hall–Kier alpha value is -1.99. The molecule has 0 spiro atoms. The van der Waals surface area contributed by atoms with Crippen LogP contribution in [0, 0.1) is 11.7 Å². The van der Waals surface area contributed by atoms with Crippen LogP contribution in [0.1, 0.15) is 23.5 Å². The summed E-state index contributed by atoms with van der Waals surface area (Å²) >= 11 is 6.96. The van der Waals surface area contributed by atoms with Crippen molar-refractivity contribution in [2.24, 2.45) is 5.92 Å². The number of nitrogens with one attached hydrogen (secondary N) is 2. The maximum absolute atomic E-state index is 13.4. The van der Waals surface area contributed by atoms with Crippen LogP contribution in [0.15, 0.2) is 24.4 Å². The first-order valence-corrected chi connectivity index (χ1v) is 8.58. The summed E-state index contributed by atoms with van der Waals surface area (Å²) in [6, 6.07) is 3.53. The smallest absolute Gasteiger partial charge is 0.263 e. The van der Waals surface area contributed by atoms with Crippen molar-refractivity contribution >= 4 is 34.8 Å². The van der Waals surface area contributed by atoms with E-state index in [1.165, 1.54) is 18.3 Å². The summed E-state index contributed by atoms with van der Waals surface area (Å²) in [5, 5.41) is 6.27. The van der Waals surface area contributed by atoms with Gasteiger partial charge in [-0.05, 0) is 25.1 Å². The molecule has 0 saturated carbocycles. The lowest BCUT2D eigenvalue weighted by molar-refractivity contribution is -0.121. The summed E-state index contributed by atoms with van der Waals surface area (Å²) in [5.41, 5.74) is 0.504. The van der Waals surface area contributed by atoms with Gasteiger partial charge in [0.15, 0.2) is 0 Å². The van der Waals surface area contributed by atoms with E-state index in [9.17, 15) is 14.0 Å². The number of nitrogens with zero attached hydrogens (tertiary/aromatic N) is 1. The first-order chi connectivity index (χ1) is 11.3. The van der Waals surface area contributed by atoms with E-state index in [1.54, 1.807) is 6.07 Å². The van der Waals surface area contributed by atoms with Gasteiger partial charge in [-0.2, -0.15) is 0 Å².